The average molecular weight is 731 g/mol. The Hall–Kier alpha value is -8.20. The summed E-state index contributed by atoms with van der Waals surface area (Å²) in [6.07, 6.45) is 3.83. The summed E-state index contributed by atoms with van der Waals surface area (Å²) in [5, 5.41) is 21.6. The molecule has 264 valence electrons. The normalized spacial score (nSPS) is 13.6. The third-order valence-corrected chi connectivity index (χ3v) is 11.6. The first-order chi connectivity index (χ1) is 28.1. The van der Waals surface area contributed by atoms with Crippen LogP contribution in [0.4, 0.5) is 17.1 Å². The standard InChI is InChI=1S/C49H26N6O2/c50-25-29-17-19-40-34(21-29)33-9-1-4-12-39(33)54(40)31-23-37-47(52-27-31)48-38(49(37)35-10-2-6-14-43(35)56-44-15-7-3-11-36(44)49)24-32(28-53-48)55-41-13-5-8-16-45(41)57-46-22-30(26-51)18-20-42(46)55/h1-24,27-28H. The Kier molecular flexibility index (Phi) is 6.24. The van der Waals surface area contributed by atoms with Crippen LogP contribution in [0.3, 0.4) is 0 Å². The second kappa shape index (κ2) is 11.4. The first kappa shape index (κ1) is 31.2. The lowest BCUT2D eigenvalue weighted by atomic mass is 9.66. The van der Waals surface area contributed by atoms with Crippen LogP contribution in [0.15, 0.2) is 158 Å². The highest BCUT2D eigenvalue weighted by molar-refractivity contribution is 6.09. The first-order valence-electron chi connectivity index (χ1n) is 18.6. The molecule has 0 saturated carbocycles. The molecule has 0 atom stereocenters. The van der Waals surface area contributed by atoms with E-state index in [-0.39, 0.29) is 0 Å². The summed E-state index contributed by atoms with van der Waals surface area (Å²) in [6.45, 7) is 0. The van der Waals surface area contributed by atoms with Gasteiger partial charge in [0.05, 0.1) is 86.2 Å². The van der Waals surface area contributed by atoms with E-state index < -0.39 is 5.41 Å². The predicted molar refractivity (Wildman–Crippen MR) is 218 cm³/mol. The van der Waals surface area contributed by atoms with Crippen LogP contribution in [0.1, 0.15) is 33.4 Å². The van der Waals surface area contributed by atoms with Crippen LogP contribution < -0.4 is 14.4 Å². The summed E-state index contributed by atoms with van der Waals surface area (Å²) in [5.41, 5.74) is 11.2. The summed E-state index contributed by atoms with van der Waals surface area (Å²) in [4.78, 5) is 12.7. The van der Waals surface area contributed by atoms with Crippen LogP contribution in [-0.4, -0.2) is 14.5 Å². The molecule has 9 aromatic rings. The maximum absolute atomic E-state index is 9.80. The molecule has 0 unspecified atom stereocenters. The second-order valence-electron chi connectivity index (χ2n) is 14.4. The van der Waals surface area contributed by atoms with Crippen molar-refractivity contribution in [3.8, 4) is 52.2 Å². The molecule has 8 heteroatoms. The zero-order valence-electron chi connectivity index (χ0n) is 30.0. The average Bonchev–Trinajstić information content (AvgIpc) is 3.74. The van der Waals surface area contributed by atoms with Gasteiger partial charge in [-0.2, -0.15) is 10.5 Å². The molecule has 0 N–H and O–H groups in total. The molecule has 3 aromatic heterocycles. The van der Waals surface area contributed by atoms with E-state index in [1.165, 1.54) is 0 Å². The third-order valence-electron chi connectivity index (χ3n) is 11.6. The highest BCUT2D eigenvalue weighted by Gasteiger charge is 2.53. The highest BCUT2D eigenvalue weighted by atomic mass is 16.5. The van der Waals surface area contributed by atoms with Crippen molar-refractivity contribution in [2.75, 3.05) is 4.90 Å². The van der Waals surface area contributed by atoms with Crippen LogP contribution in [-0.2, 0) is 5.41 Å². The Bertz CT molecular complexity index is 3270. The highest BCUT2D eigenvalue weighted by Crippen LogP contribution is 2.62. The van der Waals surface area contributed by atoms with Crippen LogP contribution in [0.2, 0.25) is 0 Å². The van der Waals surface area contributed by atoms with Gasteiger partial charge in [-0.15, -0.1) is 0 Å². The van der Waals surface area contributed by atoms with Gasteiger partial charge in [0.25, 0.3) is 0 Å². The van der Waals surface area contributed by atoms with Crippen LogP contribution in [0, 0.1) is 22.7 Å². The number of pyridine rings is 2. The number of hydrogen-bond donors (Lipinski definition) is 0. The molecule has 57 heavy (non-hydrogen) atoms. The van der Waals surface area contributed by atoms with Crippen LogP contribution in [0.25, 0.3) is 38.9 Å². The van der Waals surface area contributed by atoms with Crippen molar-refractivity contribution in [2.45, 2.75) is 5.41 Å². The molecule has 5 heterocycles. The third kappa shape index (κ3) is 4.13. The van der Waals surface area contributed by atoms with E-state index in [1.54, 1.807) is 6.07 Å². The molecule has 12 rings (SSSR count). The Labute approximate surface area is 326 Å². The molecule has 0 amide bonds. The minimum Gasteiger partial charge on any atom is -0.457 e. The van der Waals surface area contributed by atoms with E-state index >= 15 is 0 Å². The summed E-state index contributed by atoms with van der Waals surface area (Å²) in [7, 11) is 0. The van der Waals surface area contributed by atoms with Crippen molar-refractivity contribution in [3.63, 3.8) is 0 Å². The zero-order chi connectivity index (χ0) is 37.8. The monoisotopic (exact) mass is 730 g/mol. The van der Waals surface area contributed by atoms with Gasteiger partial charge >= 0.3 is 0 Å². The molecule has 0 fully saturated rings. The van der Waals surface area contributed by atoms with Gasteiger partial charge < -0.3 is 18.9 Å². The number of ether oxygens (including phenoxy) is 2. The fraction of sp³-hybridized carbons (Fsp3) is 0.0204. The molecular weight excluding hydrogens is 705 g/mol. The van der Waals surface area contributed by atoms with Gasteiger partial charge in [0.2, 0.25) is 0 Å². The van der Waals surface area contributed by atoms with Gasteiger partial charge in [-0.25, -0.2) is 0 Å². The lowest BCUT2D eigenvalue weighted by Gasteiger charge is -2.39. The molecule has 1 spiro atoms. The maximum Gasteiger partial charge on any atom is 0.152 e. The molecule has 8 nitrogen and oxygen atoms in total. The number of aromatic nitrogens is 3. The number of nitriles is 2. The lowest BCUT2D eigenvalue weighted by Crippen LogP contribution is -2.32. The van der Waals surface area contributed by atoms with Crippen molar-refractivity contribution in [1.29, 1.82) is 10.5 Å². The molecule has 2 aliphatic heterocycles. The molecule has 1 aliphatic carbocycles. The second-order valence-corrected chi connectivity index (χ2v) is 14.4. The van der Waals surface area contributed by atoms with E-state index in [0.29, 0.717) is 22.6 Å². The van der Waals surface area contributed by atoms with Crippen molar-refractivity contribution < 1.29 is 9.47 Å². The van der Waals surface area contributed by atoms with E-state index in [0.717, 1.165) is 89.7 Å². The summed E-state index contributed by atoms with van der Waals surface area (Å²) in [5.74, 6) is 2.79. The quantitative estimate of drug-likeness (QED) is 0.174. The Balaban J connectivity index is 1.16. The maximum atomic E-state index is 9.80. The van der Waals surface area contributed by atoms with E-state index in [9.17, 15) is 10.5 Å². The fourth-order valence-corrected chi connectivity index (χ4v) is 9.25. The number of para-hydroxylation sites is 5. The number of nitrogens with zero attached hydrogens (tertiary/aromatic N) is 6. The first-order valence-corrected chi connectivity index (χ1v) is 18.6. The number of benzene rings is 6. The number of anilines is 3. The Morgan fingerprint density at radius 2 is 1.04 bits per heavy atom. The lowest BCUT2D eigenvalue weighted by molar-refractivity contribution is 0.436. The van der Waals surface area contributed by atoms with E-state index in [2.05, 4.69) is 70.1 Å². The molecule has 0 saturated heterocycles. The summed E-state index contributed by atoms with van der Waals surface area (Å²) < 4.78 is 15.3. The Morgan fingerprint density at radius 3 is 1.79 bits per heavy atom. The van der Waals surface area contributed by atoms with Gasteiger partial charge in [0.1, 0.15) is 11.5 Å². The SMILES string of the molecule is N#Cc1ccc2c(c1)Oc1ccccc1N2c1cnc2c(c1)C1(c3ccccc3Oc3ccccc31)c1cc(-n3c4ccccc4c4cc(C#N)ccc43)cnc1-2. The van der Waals surface area contributed by atoms with Gasteiger partial charge in [-0.05, 0) is 72.8 Å². The van der Waals surface area contributed by atoms with Gasteiger partial charge in [0.15, 0.2) is 11.5 Å². The topological polar surface area (TPSA) is 100.0 Å². The molecule has 3 aliphatic rings. The van der Waals surface area contributed by atoms with Crippen molar-refractivity contribution in [3.05, 3.63) is 191 Å². The van der Waals surface area contributed by atoms with Gasteiger partial charge in [0, 0.05) is 39.1 Å². The fourth-order valence-electron chi connectivity index (χ4n) is 9.25. The minimum absolute atomic E-state index is 0.514. The largest absolute Gasteiger partial charge is 0.457 e. The molecule has 6 aromatic carbocycles. The Morgan fingerprint density at radius 1 is 0.474 bits per heavy atom. The summed E-state index contributed by atoms with van der Waals surface area (Å²) >= 11 is 0. The van der Waals surface area contributed by atoms with Crippen molar-refractivity contribution in [1.82, 2.24) is 14.5 Å². The predicted octanol–water partition coefficient (Wildman–Crippen LogP) is 11.4. The van der Waals surface area contributed by atoms with Gasteiger partial charge in [-0.1, -0.05) is 66.7 Å². The number of fused-ring (bicyclic) bond motifs is 14. The smallest absolute Gasteiger partial charge is 0.152 e. The molecule has 0 radical (unpaired) electrons. The van der Waals surface area contributed by atoms with Crippen molar-refractivity contribution in [2.24, 2.45) is 0 Å². The van der Waals surface area contributed by atoms with Crippen LogP contribution >= 0.6 is 0 Å². The number of rotatable bonds is 2. The zero-order valence-corrected chi connectivity index (χ0v) is 30.0. The van der Waals surface area contributed by atoms with Crippen molar-refractivity contribution >= 4 is 38.9 Å². The van der Waals surface area contributed by atoms with E-state index in [1.807, 2.05) is 103 Å². The molecule has 0 bridgehead atoms. The van der Waals surface area contributed by atoms with Gasteiger partial charge in [-0.3, -0.25) is 9.97 Å². The minimum atomic E-state index is -0.867. The van der Waals surface area contributed by atoms with E-state index in [4.69, 9.17) is 19.4 Å². The summed E-state index contributed by atoms with van der Waals surface area (Å²) in [6, 6.07) is 53.1. The van der Waals surface area contributed by atoms with Crippen LogP contribution in [0.5, 0.6) is 23.0 Å². The molecular formula is C49H26N6O2. The number of hydrogen-bond acceptors (Lipinski definition) is 7.